The van der Waals surface area contributed by atoms with Crippen molar-refractivity contribution in [2.24, 2.45) is 0 Å². The van der Waals surface area contributed by atoms with Crippen molar-refractivity contribution in [2.45, 2.75) is 19.9 Å². The lowest BCUT2D eigenvalue weighted by atomic mass is 10.2. The molecule has 0 spiro atoms. The first-order valence-electron chi connectivity index (χ1n) is 4.61. The molecule has 0 amide bonds. The highest BCUT2D eigenvalue weighted by Crippen LogP contribution is 2.13. The summed E-state index contributed by atoms with van der Waals surface area (Å²) in [6, 6.07) is 0. The molecule has 0 aliphatic rings. The second-order valence-corrected chi connectivity index (χ2v) is 6.03. The van der Waals surface area contributed by atoms with Gasteiger partial charge < -0.3 is 5.11 Å². The molecule has 1 heterocycles. The van der Waals surface area contributed by atoms with E-state index in [1.54, 1.807) is 0 Å². The van der Waals surface area contributed by atoms with Crippen LogP contribution in [0, 0.1) is 6.92 Å². The van der Waals surface area contributed by atoms with Gasteiger partial charge in [-0.25, -0.2) is 13.1 Å². The van der Waals surface area contributed by atoms with Crippen molar-refractivity contribution >= 4 is 27.3 Å². The fourth-order valence-electron chi connectivity index (χ4n) is 1.05. The monoisotopic (exact) mass is 263 g/mol. The van der Waals surface area contributed by atoms with Gasteiger partial charge >= 0.3 is 5.97 Å². The first kappa shape index (κ1) is 13.1. The maximum atomic E-state index is 11.4. The minimum Gasteiger partial charge on any atom is -0.481 e. The molecule has 0 atom stereocenters. The Labute approximate surface area is 98.2 Å². The molecule has 0 aliphatic carbocycles. The molecule has 0 saturated carbocycles. The van der Waals surface area contributed by atoms with Crippen LogP contribution >= 0.6 is 11.3 Å². The van der Waals surface area contributed by atoms with Crippen LogP contribution in [0.3, 0.4) is 0 Å². The van der Waals surface area contributed by atoms with Gasteiger partial charge in [-0.1, -0.05) is 0 Å². The Bertz CT molecular complexity index is 464. The van der Waals surface area contributed by atoms with Gasteiger partial charge in [0.2, 0.25) is 10.0 Å². The van der Waals surface area contributed by atoms with Gasteiger partial charge in [0.05, 0.1) is 12.2 Å². The smallest absolute Gasteiger partial charge is 0.304 e. The lowest BCUT2D eigenvalue weighted by molar-refractivity contribution is -0.136. The third kappa shape index (κ3) is 4.30. The maximum absolute atomic E-state index is 11.4. The zero-order chi connectivity index (χ0) is 12.2. The average molecular weight is 263 g/mol. The molecule has 0 aliphatic heterocycles. The van der Waals surface area contributed by atoms with Crippen molar-refractivity contribution in [3.05, 3.63) is 21.9 Å². The molecule has 0 radical (unpaired) electrons. The molecule has 2 N–H and O–H groups in total. The Morgan fingerprint density at radius 2 is 2.19 bits per heavy atom. The summed E-state index contributed by atoms with van der Waals surface area (Å²) >= 11 is 1.51. The molecule has 0 aromatic carbocycles. The van der Waals surface area contributed by atoms with Gasteiger partial charge in [-0.15, -0.1) is 0 Å². The van der Waals surface area contributed by atoms with E-state index in [-0.39, 0.29) is 18.7 Å². The van der Waals surface area contributed by atoms with E-state index >= 15 is 0 Å². The summed E-state index contributed by atoms with van der Waals surface area (Å²) in [4.78, 5) is 10.2. The average Bonchev–Trinajstić information content (AvgIpc) is 2.59. The van der Waals surface area contributed by atoms with Crippen molar-refractivity contribution in [1.82, 2.24) is 4.72 Å². The van der Waals surface area contributed by atoms with Crippen molar-refractivity contribution in [1.29, 1.82) is 0 Å². The lowest BCUT2D eigenvalue weighted by Gasteiger charge is -2.04. The van der Waals surface area contributed by atoms with Crippen molar-refractivity contribution < 1.29 is 18.3 Å². The summed E-state index contributed by atoms with van der Waals surface area (Å²) < 4.78 is 25.1. The predicted octanol–water partition coefficient (Wildman–Crippen LogP) is 0.951. The molecule has 1 rings (SSSR count). The topological polar surface area (TPSA) is 83.5 Å². The van der Waals surface area contributed by atoms with E-state index in [4.69, 9.17) is 5.11 Å². The second-order valence-electron chi connectivity index (χ2n) is 3.36. The van der Waals surface area contributed by atoms with Crippen LogP contribution in [0.4, 0.5) is 0 Å². The molecule has 16 heavy (non-hydrogen) atoms. The number of hydrogen-bond donors (Lipinski definition) is 2. The van der Waals surface area contributed by atoms with E-state index in [2.05, 4.69) is 4.72 Å². The normalized spacial score (nSPS) is 11.6. The summed E-state index contributed by atoms with van der Waals surface area (Å²) in [5.41, 5.74) is 1.95. The van der Waals surface area contributed by atoms with Crippen LogP contribution in [0.25, 0.3) is 0 Å². The van der Waals surface area contributed by atoms with E-state index in [0.717, 1.165) is 11.1 Å². The van der Waals surface area contributed by atoms with Gasteiger partial charge in [0.15, 0.2) is 0 Å². The standard InChI is InChI=1S/C9H13NO4S2/c1-7-5-15-6-8(7)4-10-16(13,14)3-2-9(11)12/h5-6,10H,2-4H2,1H3,(H,11,12). The molecular formula is C9H13NO4S2. The Balaban J connectivity index is 2.48. The molecule has 0 fully saturated rings. The highest BCUT2D eigenvalue weighted by Gasteiger charge is 2.12. The fourth-order valence-corrected chi connectivity index (χ4v) is 2.87. The molecule has 7 heteroatoms. The van der Waals surface area contributed by atoms with Crippen LogP contribution < -0.4 is 4.72 Å². The first-order valence-corrected chi connectivity index (χ1v) is 7.21. The summed E-state index contributed by atoms with van der Waals surface area (Å²) in [7, 11) is -3.50. The summed E-state index contributed by atoms with van der Waals surface area (Å²) in [5, 5.41) is 12.2. The SMILES string of the molecule is Cc1cscc1CNS(=O)(=O)CCC(=O)O. The molecule has 5 nitrogen and oxygen atoms in total. The number of aliphatic carboxylic acids is 1. The van der Waals surface area contributed by atoms with E-state index < -0.39 is 16.0 Å². The predicted molar refractivity (Wildman–Crippen MR) is 61.9 cm³/mol. The van der Waals surface area contributed by atoms with E-state index in [1.165, 1.54) is 11.3 Å². The van der Waals surface area contributed by atoms with Crippen molar-refractivity contribution in [3.8, 4) is 0 Å². The molecule has 0 bridgehead atoms. The lowest BCUT2D eigenvalue weighted by Crippen LogP contribution is -2.27. The van der Waals surface area contributed by atoms with Crippen LogP contribution in [0.5, 0.6) is 0 Å². The zero-order valence-electron chi connectivity index (χ0n) is 8.76. The third-order valence-electron chi connectivity index (χ3n) is 2.03. The van der Waals surface area contributed by atoms with Crippen molar-refractivity contribution in [3.63, 3.8) is 0 Å². The number of carboxylic acids is 1. The highest BCUT2D eigenvalue weighted by atomic mass is 32.2. The summed E-state index contributed by atoms with van der Waals surface area (Å²) in [6.07, 6.45) is -0.377. The highest BCUT2D eigenvalue weighted by molar-refractivity contribution is 7.89. The number of aryl methyl sites for hydroxylation is 1. The number of rotatable bonds is 6. The van der Waals surface area contributed by atoms with Crippen LogP contribution in [-0.2, 0) is 21.4 Å². The Morgan fingerprint density at radius 3 is 2.69 bits per heavy atom. The molecule has 1 aromatic rings. The largest absolute Gasteiger partial charge is 0.481 e. The minimum atomic E-state index is -3.50. The second kappa shape index (κ2) is 5.42. The van der Waals surface area contributed by atoms with Gasteiger partial charge in [-0.2, -0.15) is 11.3 Å². The molecule has 90 valence electrons. The van der Waals surface area contributed by atoms with E-state index in [0.29, 0.717) is 0 Å². The fraction of sp³-hybridized carbons (Fsp3) is 0.444. The summed E-state index contributed by atoms with van der Waals surface area (Å²) in [6.45, 7) is 2.12. The van der Waals surface area contributed by atoms with Gasteiger partial charge in [0.25, 0.3) is 0 Å². The third-order valence-corrected chi connectivity index (χ3v) is 4.26. The first-order chi connectivity index (χ1) is 7.41. The number of thiophene rings is 1. The van der Waals surface area contributed by atoms with Crippen molar-refractivity contribution in [2.75, 3.05) is 5.75 Å². The maximum Gasteiger partial charge on any atom is 0.304 e. The Morgan fingerprint density at radius 1 is 1.50 bits per heavy atom. The van der Waals surface area contributed by atoms with Gasteiger partial charge in [0.1, 0.15) is 0 Å². The summed E-state index contributed by atoms with van der Waals surface area (Å²) in [5.74, 6) is -1.50. The quantitative estimate of drug-likeness (QED) is 0.800. The van der Waals surface area contributed by atoms with Gasteiger partial charge in [-0.3, -0.25) is 4.79 Å². The number of nitrogens with one attached hydrogen (secondary N) is 1. The number of carboxylic acid groups (broad SMARTS) is 1. The number of hydrogen-bond acceptors (Lipinski definition) is 4. The number of carbonyl (C=O) groups is 1. The van der Waals surface area contributed by atoms with Crippen LogP contribution in [-0.4, -0.2) is 25.2 Å². The van der Waals surface area contributed by atoms with Crippen LogP contribution in [0.15, 0.2) is 10.8 Å². The van der Waals surface area contributed by atoms with E-state index in [1.807, 2.05) is 17.7 Å². The zero-order valence-corrected chi connectivity index (χ0v) is 10.4. The molecular weight excluding hydrogens is 250 g/mol. The van der Waals surface area contributed by atoms with Crippen LogP contribution in [0.1, 0.15) is 17.5 Å². The Hall–Kier alpha value is -0.920. The van der Waals surface area contributed by atoms with Gasteiger partial charge in [0, 0.05) is 6.54 Å². The number of sulfonamides is 1. The molecule has 0 saturated heterocycles. The minimum absolute atomic E-state index is 0.220. The van der Waals surface area contributed by atoms with Crippen LogP contribution in [0.2, 0.25) is 0 Å². The van der Waals surface area contributed by atoms with E-state index in [9.17, 15) is 13.2 Å². The Kier molecular flexibility index (Phi) is 4.45. The molecule has 1 aromatic heterocycles. The van der Waals surface area contributed by atoms with Gasteiger partial charge in [-0.05, 0) is 28.8 Å². The molecule has 0 unspecified atom stereocenters.